The first kappa shape index (κ1) is 24.5. The van der Waals surface area contributed by atoms with E-state index in [0.717, 1.165) is 17.6 Å². The van der Waals surface area contributed by atoms with Gasteiger partial charge in [-0.15, -0.1) is 0 Å². The van der Waals surface area contributed by atoms with Crippen molar-refractivity contribution in [3.8, 4) is 11.5 Å². The molecule has 2 aromatic carbocycles. The van der Waals surface area contributed by atoms with Crippen molar-refractivity contribution in [3.63, 3.8) is 0 Å². The number of amides is 1. The molecule has 0 radical (unpaired) electrons. The summed E-state index contributed by atoms with van der Waals surface area (Å²) in [5.74, 6) is 1.04. The number of carbonyl (C=O) groups is 1. The smallest absolute Gasteiger partial charge is 0.261 e. The average molecular weight is 449 g/mol. The largest absolute Gasteiger partial charge is 0.491 e. The zero-order valence-electron chi connectivity index (χ0n) is 19.0. The van der Waals surface area contributed by atoms with E-state index in [0.29, 0.717) is 24.5 Å². The number of hydrogen-bond donors (Lipinski definition) is 1. The topological polar surface area (TPSA) is 84.9 Å². The van der Waals surface area contributed by atoms with Crippen LogP contribution in [0.3, 0.4) is 0 Å². The van der Waals surface area contributed by atoms with Crippen molar-refractivity contribution in [1.29, 1.82) is 0 Å². The molecule has 31 heavy (non-hydrogen) atoms. The molecule has 0 bridgehead atoms. The minimum Gasteiger partial charge on any atom is -0.491 e. The SMILES string of the molecule is CCC(Oc1ccc(N(C)S(C)(=O)=O)cc1)C(=O)NC(C)COc1ccc(C)c(C)c1. The Hall–Kier alpha value is -2.74. The summed E-state index contributed by atoms with van der Waals surface area (Å²) in [5, 5.41) is 2.92. The van der Waals surface area contributed by atoms with Gasteiger partial charge in [-0.05, 0) is 74.7 Å². The predicted octanol–water partition coefficient (Wildman–Crippen LogP) is 3.44. The predicted molar refractivity (Wildman–Crippen MR) is 123 cm³/mol. The summed E-state index contributed by atoms with van der Waals surface area (Å²) < 4.78 is 36.1. The number of sulfonamides is 1. The Morgan fingerprint density at radius 3 is 2.23 bits per heavy atom. The number of benzene rings is 2. The maximum Gasteiger partial charge on any atom is 0.261 e. The van der Waals surface area contributed by atoms with E-state index in [9.17, 15) is 13.2 Å². The minimum absolute atomic E-state index is 0.197. The second kappa shape index (κ2) is 10.5. The Kier molecular flexibility index (Phi) is 8.33. The van der Waals surface area contributed by atoms with Crippen molar-refractivity contribution in [1.82, 2.24) is 5.32 Å². The Balaban J connectivity index is 1.91. The minimum atomic E-state index is -3.34. The van der Waals surface area contributed by atoms with Crippen molar-refractivity contribution in [3.05, 3.63) is 53.6 Å². The van der Waals surface area contributed by atoms with Gasteiger partial charge in [0.25, 0.3) is 5.91 Å². The highest BCUT2D eigenvalue weighted by Gasteiger charge is 2.21. The van der Waals surface area contributed by atoms with E-state index >= 15 is 0 Å². The van der Waals surface area contributed by atoms with Crippen LogP contribution in [0.5, 0.6) is 11.5 Å². The molecule has 0 saturated carbocycles. The molecule has 2 rings (SSSR count). The monoisotopic (exact) mass is 448 g/mol. The summed E-state index contributed by atoms with van der Waals surface area (Å²) in [4.78, 5) is 12.6. The maximum absolute atomic E-state index is 12.6. The van der Waals surface area contributed by atoms with Gasteiger partial charge in [0.2, 0.25) is 10.0 Å². The van der Waals surface area contributed by atoms with Crippen LogP contribution in [0, 0.1) is 13.8 Å². The number of anilines is 1. The van der Waals surface area contributed by atoms with Crippen LogP contribution in [0.15, 0.2) is 42.5 Å². The van der Waals surface area contributed by atoms with Gasteiger partial charge in [0.15, 0.2) is 6.10 Å². The molecule has 7 nitrogen and oxygen atoms in total. The first-order chi connectivity index (χ1) is 14.5. The summed E-state index contributed by atoms with van der Waals surface area (Å²) in [6.07, 6.45) is 0.962. The molecular weight excluding hydrogens is 416 g/mol. The van der Waals surface area contributed by atoms with Crippen LogP contribution in [0.25, 0.3) is 0 Å². The molecule has 1 amide bonds. The van der Waals surface area contributed by atoms with Gasteiger partial charge in [0, 0.05) is 7.05 Å². The maximum atomic E-state index is 12.6. The molecule has 0 aliphatic carbocycles. The molecule has 170 valence electrons. The highest BCUT2D eigenvalue weighted by molar-refractivity contribution is 7.92. The van der Waals surface area contributed by atoms with Crippen molar-refractivity contribution < 1.29 is 22.7 Å². The number of nitrogens with zero attached hydrogens (tertiary/aromatic N) is 1. The first-order valence-electron chi connectivity index (χ1n) is 10.2. The third-order valence-corrected chi connectivity index (χ3v) is 6.21. The van der Waals surface area contributed by atoms with Crippen molar-refractivity contribution in [2.75, 3.05) is 24.2 Å². The molecule has 0 aromatic heterocycles. The van der Waals surface area contributed by atoms with Crippen LogP contribution in [0.4, 0.5) is 5.69 Å². The van der Waals surface area contributed by atoms with Crippen LogP contribution in [-0.4, -0.2) is 46.4 Å². The van der Waals surface area contributed by atoms with Crippen LogP contribution >= 0.6 is 0 Å². The van der Waals surface area contributed by atoms with Crippen LogP contribution in [0.1, 0.15) is 31.4 Å². The van der Waals surface area contributed by atoms with Gasteiger partial charge in [0.1, 0.15) is 18.1 Å². The van der Waals surface area contributed by atoms with Crippen LogP contribution in [-0.2, 0) is 14.8 Å². The van der Waals surface area contributed by atoms with Crippen LogP contribution in [0.2, 0.25) is 0 Å². The molecule has 0 fully saturated rings. The van der Waals surface area contributed by atoms with Crippen LogP contribution < -0.4 is 19.1 Å². The fourth-order valence-electron chi connectivity index (χ4n) is 2.82. The fraction of sp³-hybridized carbons (Fsp3) is 0.435. The van der Waals surface area contributed by atoms with E-state index < -0.39 is 16.1 Å². The van der Waals surface area contributed by atoms with Crippen molar-refractivity contribution in [2.45, 2.75) is 46.3 Å². The molecule has 1 N–H and O–H groups in total. The molecule has 0 saturated heterocycles. The standard InChI is InChI=1S/C23H32N2O5S/c1-7-22(30-20-12-9-19(10-13-20)25(5)31(6,27)28)23(26)24-18(4)15-29-21-11-8-16(2)17(3)14-21/h8-14,18,22H,7,15H2,1-6H3,(H,24,26). The highest BCUT2D eigenvalue weighted by atomic mass is 32.2. The molecule has 2 atom stereocenters. The Bertz CT molecular complexity index is 990. The summed E-state index contributed by atoms with van der Waals surface area (Å²) in [6, 6.07) is 12.3. The first-order valence-corrected chi connectivity index (χ1v) is 12.1. The van der Waals surface area contributed by atoms with Gasteiger partial charge >= 0.3 is 0 Å². The summed E-state index contributed by atoms with van der Waals surface area (Å²) in [6.45, 7) is 8.16. The van der Waals surface area contributed by atoms with Gasteiger partial charge < -0.3 is 14.8 Å². The summed E-state index contributed by atoms with van der Waals surface area (Å²) >= 11 is 0. The Morgan fingerprint density at radius 1 is 1.06 bits per heavy atom. The molecule has 2 unspecified atom stereocenters. The molecule has 2 aromatic rings. The average Bonchev–Trinajstić information content (AvgIpc) is 2.72. The van der Waals surface area contributed by atoms with Gasteiger partial charge in [-0.25, -0.2) is 8.42 Å². The van der Waals surface area contributed by atoms with Crippen molar-refractivity contribution >= 4 is 21.6 Å². The fourth-order valence-corrected chi connectivity index (χ4v) is 3.32. The number of hydrogen-bond acceptors (Lipinski definition) is 5. The van der Waals surface area contributed by atoms with Gasteiger partial charge in [-0.3, -0.25) is 9.10 Å². The molecular formula is C23H32N2O5S. The third-order valence-electron chi connectivity index (χ3n) is 5.01. The molecule has 0 heterocycles. The quantitative estimate of drug-likeness (QED) is 0.602. The van der Waals surface area contributed by atoms with E-state index in [2.05, 4.69) is 5.32 Å². The number of rotatable bonds is 10. The molecule has 0 aliphatic heterocycles. The van der Waals surface area contributed by atoms with E-state index in [-0.39, 0.29) is 11.9 Å². The molecule has 0 spiro atoms. The van der Waals surface area contributed by atoms with Gasteiger partial charge in [-0.1, -0.05) is 13.0 Å². The number of ether oxygens (including phenoxy) is 2. The Labute approximate surface area is 185 Å². The summed E-state index contributed by atoms with van der Waals surface area (Å²) in [5.41, 5.74) is 2.87. The zero-order valence-corrected chi connectivity index (χ0v) is 19.8. The second-order valence-corrected chi connectivity index (χ2v) is 9.72. The molecule has 8 heteroatoms. The zero-order chi connectivity index (χ0) is 23.2. The lowest BCUT2D eigenvalue weighted by molar-refractivity contribution is -0.128. The number of aryl methyl sites for hydroxylation is 2. The van der Waals surface area contributed by atoms with Crippen molar-refractivity contribution in [2.24, 2.45) is 0 Å². The van der Waals surface area contributed by atoms with Gasteiger partial charge in [-0.2, -0.15) is 0 Å². The second-order valence-electron chi connectivity index (χ2n) is 7.71. The lowest BCUT2D eigenvalue weighted by Crippen LogP contribution is -2.44. The highest BCUT2D eigenvalue weighted by Crippen LogP contribution is 2.21. The van der Waals surface area contributed by atoms with E-state index in [4.69, 9.17) is 9.47 Å². The lowest BCUT2D eigenvalue weighted by atomic mass is 10.1. The third kappa shape index (κ3) is 7.17. The lowest BCUT2D eigenvalue weighted by Gasteiger charge is -2.21. The van der Waals surface area contributed by atoms with E-state index in [1.165, 1.54) is 16.9 Å². The van der Waals surface area contributed by atoms with Gasteiger partial charge in [0.05, 0.1) is 18.0 Å². The Morgan fingerprint density at radius 2 is 1.68 bits per heavy atom. The normalized spacial score (nSPS) is 13.2. The van der Waals surface area contributed by atoms with E-state index in [1.54, 1.807) is 24.3 Å². The van der Waals surface area contributed by atoms with E-state index in [1.807, 2.05) is 45.9 Å². The summed E-state index contributed by atoms with van der Waals surface area (Å²) in [7, 11) is -1.86. The number of nitrogens with one attached hydrogen (secondary N) is 1. The molecule has 0 aliphatic rings. The number of carbonyl (C=O) groups excluding carboxylic acids is 1.